The molecule has 0 bridgehead atoms. The molecule has 0 radical (unpaired) electrons. The van der Waals surface area contributed by atoms with E-state index < -0.39 is 0 Å². The molecule has 0 saturated heterocycles. The summed E-state index contributed by atoms with van der Waals surface area (Å²) >= 11 is 3.81. The van der Waals surface area contributed by atoms with E-state index in [1.807, 2.05) is 38.2 Å². The first-order chi connectivity index (χ1) is 5.61. The maximum absolute atomic E-state index is 11.0. The van der Waals surface area contributed by atoms with E-state index in [0.717, 1.165) is 11.1 Å². The summed E-state index contributed by atoms with van der Waals surface area (Å²) in [5.74, 6) is 0.310. The van der Waals surface area contributed by atoms with Crippen LogP contribution in [0.4, 0.5) is 0 Å². The summed E-state index contributed by atoms with van der Waals surface area (Å²) in [6, 6.07) is 0. The van der Waals surface area contributed by atoms with Crippen molar-refractivity contribution in [3.8, 4) is 0 Å². The predicted octanol–water partition coefficient (Wildman–Crippen LogP) is 2.52. The number of allylic oxidation sites excluding steroid dienone is 5. The molecular weight excluding hydrogens is 168 g/mol. The van der Waals surface area contributed by atoms with Gasteiger partial charge in [-0.15, -0.1) is 12.6 Å². The van der Waals surface area contributed by atoms with Crippen molar-refractivity contribution < 1.29 is 4.79 Å². The molecule has 1 rings (SSSR count). The molecule has 0 heterocycles. The zero-order valence-electron chi connectivity index (χ0n) is 7.24. The highest BCUT2D eigenvalue weighted by molar-refractivity contribution is 7.97. The zero-order chi connectivity index (χ0) is 9.14. The number of carbonyl (C=O) groups excluding carboxylic acids is 1. The first-order valence-corrected chi connectivity index (χ1v) is 4.36. The van der Waals surface area contributed by atoms with Gasteiger partial charge >= 0.3 is 0 Å². The molecule has 0 amide bonds. The van der Waals surface area contributed by atoms with Gasteiger partial charge in [0.25, 0.3) is 0 Å². The lowest BCUT2D eigenvalue weighted by molar-refractivity contribution is -0.107. The Balaban J connectivity index is 3.04. The van der Waals surface area contributed by atoms with Crippen molar-refractivity contribution in [2.75, 3.05) is 0 Å². The number of carbonyl (C=O) groups is 1. The van der Waals surface area contributed by atoms with Gasteiger partial charge in [0.15, 0.2) is 0 Å². The van der Waals surface area contributed by atoms with Gasteiger partial charge in [0, 0.05) is 5.57 Å². The van der Waals surface area contributed by atoms with Crippen molar-refractivity contribution in [1.29, 1.82) is 0 Å². The molecule has 0 spiro atoms. The standard InChI is InChI=1S/C10H12OS/c1-7-4-3-5-8(2)9(6-7)10(11)12/h3-7H,1-2H3,(H,11,12). The highest BCUT2D eigenvalue weighted by Gasteiger charge is 2.09. The quantitative estimate of drug-likeness (QED) is 0.614. The number of rotatable bonds is 1. The highest BCUT2D eigenvalue weighted by atomic mass is 32.1. The predicted molar refractivity (Wildman–Crippen MR) is 54.1 cm³/mol. The Kier molecular flexibility index (Phi) is 2.93. The van der Waals surface area contributed by atoms with Crippen molar-refractivity contribution in [2.45, 2.75) is 13.8 Å². The molecule has 1 aliphatic carbocycles. The topological polar surface area (TPSA) is 17.1 Å². The van der Waals surface area contributed by atoms with Crippen LogP contribution >= 0.6 is 12.6 Å². The van der Waals surface area contributed by atoms with Crippen LogP contribution in [0.2, 0.25) is 0 Å². The summed E-state index contributed by atoms with van der Waals surface area (Å²) in [6.45, 7) is 3.96. The molecule has 0 aromatic heterocycles. The van der Waals surface area contributed by atoms with E-state index in [1.165, 1.54) is 0 Å². The molecule has 64 valence electrons. The molecule has 1 unspecified atom stereocenters. The molecule has 0 aromatic carbocycles. The summed E-state index contributed by atoms with van der Waals surface area (Å²) in [5.41, 5.74) is 1.70. The van der Waals surface area contributed by atoms with E-state index in [4.69, 9.17) is 0 Å². The molecule has 0 N–H and O–H groups in total. The Morgan fingerprint density at radius 3 is 2.83 bits per heavy atom. The molecule has 0 aromatic rings. The van der Waals surface area contributed by atoms with Gasteiger partial charge in [-0.05, 0) is 18.4 Å². The Hall–Kier alpha value is -0.760. The van der Waals surface area contributed by atoms with Crippen molar-refractivity contribution in [2.24, 2.45) is 5.92 Å². The van der Waals surface area contributed by atoms with Crippen LogP contribution in [-0.4, -0.2) is 5.12 Å². The van der Waals surface area contributed by atoms with E-state index in [9.17, 15) is 4.79 Å². The SMILES string of the molecule is CC1=CC=CC(C)C=C1C(=O)S. The molecule has 1 nitrogen and oxygen atoms in total. The van der Waals surface area contributed by atoms with Crippen molar-refractivity contribution in [3.63, 3.8) is 0 Å². The molecule has 1 aliphatic rings. The maximum atomic E-state index is 11.0. The van der Waals surface area contributed by atoms with Crippen LogP contribution in [0.25, 0.3) is 0 Å². The number of hydrogen-bond donors (Lipinski definition) is 1. The molecular formula is C10H12OS. The van der Waals surface area contributed by atoms with Crippen LogP contribution in [0, 0.1) is 5.92 Å². The van der Waals surface area contributed by atoms with E-state index >= 15 is 0 Å². The smallest absolute Gasteiger partial charge is 0.216 e. The average Bonchev–Trinajstić information content (AvgIpc) is 2.13. The van der Waals surface area contributed by atoms with Crippen LogP contribution in [0.1, 0.15) is 13.8 Å². The first kappa shape index (κ1) is 9.33. The van der Waals surface area contributed by atoms with Crippen molar-refractivity contribution in [1.82, 2.24) is 0 Å². The zero-order valence-corrected chi connectivity index (χ0v) is 8.14. The van der Waals surface area contributed by atoms with Gasteiger partial charge < -0.3 is 0 Å². The van der Waals surface area contributed by atoms with Crippen LogP contribution in [0.5, 0.6) is 0 Å². The molecule has 0 saturated carbocycles. The minimum absolute atomic E-state index is 0.153. The second kappa shape index (κ2) is 3.76. The maximum Gasteiger partial charge on any atom is 0.216 e. The molecule has 1 atom stereocenters. The summed E-state index contributed by atoms with van der Waals surface area (Å²) in [5, 5.41) is -0.153. The molecule has 0 fully saturated rings. The van der Waals surface area contributed by atoms with Gasteiger partial charge in [0.05, 0.1) is 0 Å². The number of thiol groups is 1. The second-order valence-electron chi connectivity index (χ2n) is 2.98. The molecule has 12 heavy (non-hydrogen) atoms. The summed E-state index contributed by atoms with van der Waals surface area (Å²) < 4.78 is 0. The summed E-state index contributed by atoms with van der Waals surface area (Å²) in [4.78, 5) is 11.0. The first-order valence-electron chi connectivity index (χ1n) is 3.92. The normalized spacial score (nSPS) is 22.8. The molecule has 0 aliphatic heterocycles. The van der Waals surface area contributed by atoms with Crippen LogP contribution in [0.15, 0.2) is 35.5 Å². The third-order valence-corrected chi connectivity index (χ3v) is 2.09. The Bertz CT molecular complexity index is 284. The van der Waals surface area contributed by atoms with Crippen LogP contribution in [0.3, 0.4) is 0 Å². The second-order valence-corrected chi connectivity index (χ2v) is 3.39. The fraction of sp³-hybridized carbons (Fsp3) is 0.300. The van der Waals surface area contributed by atoms with Gasteiger partial charge in [-0.2, -0.15) is 0 Å². The fourth-order valence-electron chi connectivity index (χ4n) is 1.15. The largest absolute Gasteiger partial charge is 0.282 e. The van der Waals surface area contributed by atoms with Gasteiger partial charge in [-0.1, -0.05) is 31.2 Å². The Morgan fingerprint density at radius 2 is 2.25 bits per heavy atom. The minimum Gasteiger partial charge on any atom is -0.282 e. The third kappa shape index (κ3) is 2.11. The highest BCUT2D eigenvalue weighted by Crippen LogP contribution is 2.19. The van der Waals surface area contributed by atoms with E-state index in [2.05, 4.69) is 12.6 Å². The number of hydrogen-bond acceptors (Lipinski definition) is 1. The summed E-state index contributed by atoms with van der Waals surface area (Å²) in [6.07, 6.45) is 7.89. The minimum atomic E-state index is -0.153. The third-order valence-electron chi connectivity index (χ3n) is 1.85. The van der Waals surface area contributed by atoms with E-state index in [0.29, 0.717) is 5.92 Å². The molecule has 2 heteroatoms. The fourth-order valence-corrected chi connectivity index (χ4v) is 1.41. The van der Waals surface area contributed by atoms with Crippen LogP contribution in [-0.2, 0) is 4.79 Å². The monoisotopic (exact) mass is 180 g/mol. The van der Waals surface area contributed by atoms with Crippen LogP contribution < -0.4 is 0 Å². The van der Waals surface area contributed by atoms with Gasteiger partial charge in [0.1, 0.15) is 0 Å². The summed E-state index contributed by atoms with van der Waals surface area (Å²) in [7, 11) is 0. The van der Waals surface area contributed by atoms with Gasteiger partial charge in [-0.25, -0.2) is 0 Å². The van der Waals surface area contributed by atoms with E-state index in [1.54, 1.807) is 0 Å². The van der Waals surface area contributed by atoms with E-state index in [-0.39, 0.29) is 5.12 Å². The average molecular weight is 180 g/mol. The Morgan fingerprint density at radius 1 is 1.58 bits per heavy atom. The van der Waals surface area contributed by atoms with Gasteiger partial charge in [-0.3, -0.25) is 4.79 Å². The van der Waals surface area contributed by atoms with Gasteiger partial charge in [0.2, 0.25) is 5.12 Å². The lowest BCUT2D eigenvalue weighted by atomic mass is 10.1. The lowest BCUT2D eigenvalue weighted by Gasteiger charge is -2.02. The lowest BCUT2D eigenvalue weighted by Crippen LogP contribution is -1.96. The van der Waals surface area contributed by atoms with Crippen molar-refractivity contribution in [3.05, 3.63) is 35.5 Å². The van der Waals surface area contributed by atoms with Crippen molar-refractivity contribution >= 4 is 17.7 Å². The Labute approximate surface area is 78.3 Å².